The largest absolute Gasteiger partial charge is 0.494 e. The molecule has 0 aliphatic carbocycles. The van der Waals surface area contributed by atoms with Crippen LogP contribution < -0.4 is 9.47 Å². The van der Waals surface area contributed by atoms with Gasteiger partial charge in [-0.25, -0.2) is 0 Å². The standard InChI is InChI=1S/C16H15BrF2O2/c1-2-20-13-7-3-11(4-8-13)15(17)12-5-9-14(10-6-12)21-16(18)19/h3-10,15-16H,2H2,1H3. The second-order valence-corrected chi connectivity index (χ2v) is 5.23. The van der Waals surface area contributed by atoms with Gasteiger partial charge in [0.25, 0.3) is 0 Å². The molecule has 21 heavy (non-hydrogen) atoms. The number of benzene rings is 2. The lowest BCUT2D eigenvalue weighted by molar-refractivity contribution is -0.0498. The predicted molar refractivity (Wildman–Crippen MR) is 81.5 cm³/mol. The quantitative estimate of drug-likeness (QED) is 0.664. The smallest absolute Gasteiger partial charge is 0.387 e. The van der Waals surface area contributed by atoms with Gasteiger partial charge in [-0.05, 0) is 42.3 Å². The monoisotopic (exact) mass is 356 g/mol. The summed E-state index contributed by atoms with van der Waals surface area (Å²) in [5, 5.41) is 0. The van der Waals surface area contributed by atoms with E-state index in [9.17, 15) is 8.78 Å². The fourth-order valence-electron chi connectivity index (χ4n) is 1.91. The molecule has 0 radical (unpaired) electrons. The number of rotatable bonds is 6. The van der Waals surface area contributed by atoms with Crippen molar-refractivity contribution in [3.8, 4) is 11.5 Å². The van der Waals surface area contributed by atoms with Crippen LogP contribution in [0.5, 0.6) is 11.5 Å². The van der Waals surface area contributed by atoms with Gasteiger partial charge in [-0.15, -0.1) is 0 Å². The zero-order valence-corrected chi connectivity index (χ0v) is 13.0. The van der Waals surface area contributed by atoms with Crippen molar-refractivity contribution in [3.05, 3.63) is 59.7 Å². The summed E-state index contributed by atoms with van der Waals surface area (Å²) >= 11 is 3.60. The molecule has 0 fully saturated rings. The van der Waals surface area contributed by atoms with Crippen LogP contribution in [0, 0.1) is 0 Å². The van der Waals surface area contributed by atoms with Crippen molar-refractivity contribution in [1.82, 2.24) is 0 Å². The maximum absolute atomic E-state index is 12.1. The zero-order valence-electron chi connectivity index (χ0n) is 11.4. The van der Waals surface area contributed by atoms with Crippen LogP contribution in [0.25, 0.3) is 0 Å². The molecule has 1 atom stereocenters. The number of ether oxygens (including phenoxy) is 2. The van der Waals surface area contributed by atoms with Crippen LogP contribution >= 0.6 is 15.9 Å². The Bertz CT molecular complexity index is 555. The van der Waals surface area contributed by atoms with E-state index in [1.165, 1.54) is 12.1 Å². The normalized spacial score (nSPS) is 12.2. The first-order chi connectivity index (χ1) is 10.1. The lowest BCUT2D eigenvalue weighted by Crippen LogP contribution is -2.02. The van der Waals surface area contributed by atoms with Gasteiger partial charge < -0.3 is 9.47 Å². The summed E-state index contributed by atoms with van der Waals surface area (Å²) in [5.41, 5.74) is 2.02. The zero-order chi connectivity index (χ0) is 15.2. The van der Waals surface area contributed by atoms with Crippen molar-refractivity contribution in [3.63, 3.8) is 0 Å². The summed E-state index contributed by atoms with van der Waals surface area (Å²) in [7, 11) is 0. The average Bonchev–Trinajstić information content (AvgIpc) is 2.48. The van der Waals surface area contributed by atoms with Crippen molar-refractivity contribution >= 4 is 15.9 Å². The minimum absolute atomic E-state index is 0.0197. The molecule has 0 N–H and O–H groups in total. The van der Waals surface area contributed by atoms with Crippen LogP contribution in [0.2, 0.25) is 0 Å². The van der Waals surface area contributed by atoms with Gasteiger partial charge in [0.2, 0.25) is 0 Å². The van der Waals surface area contributed by atoms with Gasteiger partial charge in [-0.1, -0.05) is 40.2 Å². The van der Waals surface area contributed by atoms with Gasteiger partial charge >= 0.3 is 6.61 Å². The first kappa shape index (κ1) is 15.8. The third kappa shape index (κ3) is 4.43. The Balaban J connectivity index is 2.09. The summed E-state index contributed by atoms with van der Waals surface area (Å²) in [5.74, 6) is 0.974. The molecule has 0 spiro atoms. The van der Waals surface area contributed by atoms with Gasteiger partial charge in [0.1, 0.15) is 11.5 Å². The fraction of sp³-hybridized carbons (Fsp3) is 0.250. The van der Waals surface area contributed by atoms with Crippen molar-refractivity contribution in [2.75, 3.05) is 6.61 Å². The third-order valence-electron chi connectivity index (χ3n) is 2.88. The van der Waals surface area contributed by atoms with E-state index in [0.717, 1.165) is 16.9 Å². The highest BCUT2D eigenvalue weighted by atomic mass is 79.9. The molecule has 0 aliphatic heterocycles. The topological polar surface area (TPSA) is 18.5 Å². The summed E-state index contributed by atoms with van der Waals surface area (Å²) in [6.07, 6.45) is 0. The Hall–Kier alpha value is -1.62. The number of hydrogen-bond donors (Lipinski definition) is 0. The minimum Gasteiger partial charge on any atom is -0.494 e. The summed E-state index contributed by atoms with van der Waals surface area (Å²) in [6.45, 7) is -0.242. The fourth-order valence-corrected chi connectivity index (χ4v) is 2.52. The Kier molecular flexibility index (Phi) is 5.56. The molecule has 0 heterocycles. The first-order valence-electron chi connectivity index (χ1n) is 6.51. The van der Waals surface area contributed by atoms with Crippen LogP contribution in [-0.4, -0.2) is 13.2 Å². The predicted octanol–water partition coefficient (Wildman–Crippen LogP) is 5.17. The molecule has 2 aromatic carbocycles. The van der Waals surface area contributed by atoms with Crippen molar-refractivity contribution in [2.24, 2.45) is 0 Å². The Morgan fingerprint density at radius 2 is 1.38 bits per heavy atom. The lowest BCUT2D eigenvalue weighted by Gasteiger charge is -2.12. The molecule has 0 saturated heterocycles. The van der Waals surface area contributed by atoms with E-state index in [-0.39, 0.29) is 10.6 Å². The highest BCUT2D eigenvalue weighted by molar-refractivity contribution is 9.09. The maximum Gasteiger partial charge on any atom is 0.387 e. The molecule has 112 valence electrons. The summed E-state index contributed by atoms with van der Waals surface area (Å²) in [6, 6.07) is 14.3. The van der Waals surface area contributed by atoms with E-state index in [1.807, 2.05) is 31.2 Å². The van der Waals surface area contributed by atoms with Crippen molar-refractivity contribution in [2.45, 2.75) is 18.4 Å². The minimum atomic E-state index is -2.80. The molecule has 2 nitrogen and oxygen atoms in total. The Morgan fingerprint density at radius 1 is 0.905 bits per heavy atom. The van der Waals surface area contributed by atoms with Crippen LogP contribution in [0.1, 0.15) is 22.9 Å². The van der Waals surface area contributed by atoms with Crippen molar-refractivity contribution < 1.29 is 18.3 Å². The molecular formula is C16H15BrF2O2. The summed E-state index contributed by atoms with van der Waals surface area (Å²) in [4.78, 5) is -0.0197. The van der Waals surface area contributed by atoms with Gasteiger partial charge in [0, 0.05) is 0 Å². The van der Waals surface area contributed by atoms with Gasteiger partial charge in [0.15, 0.2) is 0 Å². The van der Waals surface area contributed by atoms with Crippen molar-refractivity contribution in [1.29, 1.82) is 0 Å². The van der Waals surface area contributed by atoms with E-state index in [0.29, 0.717) is 6.61 Å². The molecule has 0 aliphatic rings. The Morgan fingerprint density at radius 3 is 1.81 bits per heavy atom. The molecule has 0 aromatic heterocycles. The number of hydrogen-bond acceptors (Lipinski definition) is 2. The van der Waals surface area contributed by atoms with E-state index in [2.05, 4.69) is 20.7 Å². The van der Waals surface area contributed by atoms with E-state index in [1.54, 1.807) is 12.1 Å². The molecule has 5 heteroatoms. The molecule has 0 bridgehead atoms. The molecule has 1 unspecified atom stereocenters. The SMILES string of the molecule is CCOc1ccc(C(Br)c2ccc(OC(F)F)cc2)cc1. The van der Waals surface area contributed by atoms with E-state index < -0.39 is 6.61 Å². The van der Waals surface area contributed by atoms with Gasteiger partial charge in [-0.2, -0.15) is 8.78 Å². The van der Waals surface area contributed by atoms with Crippen LogP contribution in [0.15, 0.2) is 48.5 Å². The second-order valence-electron chi connectivity index (χ2n) is 4.31. The maximum atomic E-state index is 12.1. The second kappa shape index (κ2) is 7.41. The third-order valence-corrected chi connectivity index (χ3v) is 3.94. The van der Waals surface area contributed by atoms with Crippen LogP contribution in [-0.2, 0) is 0 Å². The van der Waals surface area contributed by atoms with Gasteiger partial charge in [0.05, 0.1) is 11.4 Å². The van der Waals surface area contributed by atoms with Crippen LogP contribution in [0.4, 0.5) is 8.78 Å². The lowest BCUT2D eigenvalue weighted by atomic mass is 10.0. The summed E-state index contributed by atoms with van der Waals surface area (Å²) < 4.78 is 33.9. The molecule has 0 saturated carbocycles. The van der Waals surface area contributed by atoms with E-state index in [4.69, 9.17) is 4.74 Å². The van der Waals surface area contributed by atoms with Gasteiger partial charge in [-0.3, -0.25) is 0 Å². The first-order valence-corrected chi connectivity index (χ1v) is 7.43. The highest BCUT2D eigenvalue weighted by Gasteiger charge is 2.11. The van der Waals surface area contributed by atoms with Crippen LogP contribution in [0.3, 0.4) is 0 Å². The van der Waals surface area contributed by atoms with E-state index >= 15 is 0 Å². The average molecular weight is 357 g/mol. The molecule has 2 rings (SSSR count). The Labute approximate surface area is 130 Å². The number of alkyl halides is 3. The number of halogens is 3. The molecule has 2 aromatic rings. The molecular weight excluding hydrogens is 342 g/mol. The highest BCUT2D eigenvalue weighted by Crippen LogP contribution is 2.32. The molecule has 0 amide bonds.